The number of nitrogens with zero attached hydrogens (tertiary/aromatic N) is 2. The number of hydrogen-bond donors (Lipinski definition) is 2. The van der Waals surface area contributed by atoms with Crippen molar-refractivity contribution in [3.63, 3.8) is 0 Å². The van der Waals surface area contributed by atoms with Crippen molar-refractivity contribution in [2.45, 2.75) is 39.7 Å². The fraction of sp³-hybridized carbons (Fsp3) is 0.733. The lowest BCUT2D eigenvalue weighted by Crippen LogP contribution is -2.43. The molecular formula is C15H26N4OS. The molecule has 1 aromatic rings. The van der Waals surface area contributed by atoms with E-state index in [2.05, 4.69) is 34.4 Å². The average Bonchev–Trinajstić information content (AvgIpc) is 3.00. The zero-order valence-corrected chi connectivity index (χ0v) is 14.0. The van der Waals surface area contributed by atoms with Gasteiger partial charge >= 0.3 is 0 Å². The molecule has 1 atom stereocenters. The number of rotatable bonds is 7. The highest BCUT2D eigenvalue weighted by Gasteiger charge is 2.20. The molecule has 2 heterocycles. The molecule has 6 heteroatoms. The Morgan fingerprint density at radius 3 is 3.00 bits per heavy atom. The molecule has 0 aromatic carbocycles. The summed E-state index contributed by atoms with van der Waals surface area (Å²) < 4.78 is 0. The van der Waals surface area contributed by atoms with Gasteiger partial charge in [0.1, 0.15) is 0 Å². The molecule has 2 N–H and O–H groups in total. The Bertz CT molecular complexity index is 454. The first-order valence-corrected chi connectivity index (χ1v) is 8.58. The lowest BCUT2D eigenvalue weighted by atomic mass is 10.1. The first-order chi connectivity index (χ1) is 10.0. The van der Waals surface area contributed by atoms with Crippen LogP contribution in [0.2, 0.25) is 0 Å². The summed E-state index contributed by atoms with van der Waals surface area (Å²) in [7, 11) is 0. The Kier molecular flexibility index (Phi) is 6.14. The predicted octanol–water partition coefficient (Wildman–Crippen LogP) is 2.10. The quantitative estimate of drug-likeness (QED) is 0.810. The van der Waals surface area contributed by atoms with Crippen molar-refractivity contribution in [1.82, 2.24) is 15.2 Å². The SMILES string of the molecule is Cc1csc(NC(=O)CN(CC(C)C)CC2CCCN2)n1. The summed E-state index contributed by atoms with van der Waals surface area (Å²) in [5.41, 5.74) is 0.949. The van der Waals surface area contributed by atoms with Crippen LogP contribution in [-0.4, -0.2) is 48.0 Å². The third kappa shape index (κ3) is 5.73. The number of nitrogens with one attached hydrogen (secondary N) is 2. The molecule has 1 fully saturated rings. The highest BCUT2D eigenvalue weighted by molar-refractivity contribution is 7.13. The van der Waals surface area contributed by atoms with Crippen molar-refractivity contribution in [2.24, 2.45) is 5.92 Å². The van der Waals surface area contributed by atoms with Crippen LogP contribution in [0.15, 0.2) is 5.38 Å². The summed E-state index contributed by atoms with van der Waals surface area (Å²) in [6.07, 6.45) is 2.45. The fourth-order valence-corrected chi connectivity index (χ4v) is 3.42. The van der Waals surface area contributed by atoms with E-state index < -0.39 is 0 Å². The van der Waals surface area contributed by atoms with E-state index in [1.807, 2.05) is 12.3 Å². The molecule has 1 aliphatic rings. The number of aromatic nitrogens is 1. The Morgan fingerprint density at radius 1 is 1.62 bits per heavy atom. The topological polar surface area (TPSA) is 57.3 Å². The standard InChI is InChI=1S/C15H26N4OS/c1-11(2)7-19(8-13-5-4-6-16-13)9-14(20)18-15-17-12(3)10-21-15/h10-11,13,16H,4-9H2,1-3H3,(H,17,18,20). The number of carbonyl (C=O) groups excluding carboxylic acids is 1. The second kappa shape index (κ2) is 7.87. The number of amides is 1. The Labute approximate surface area is 131 Å². The number of aryl methyl sites for hydroxylation is 1. The van der Waals surface area contributed by atoms with Gasteiger partial charge in [-0.05, 0) is 32.2 Å². The van der Waals surface area contributed by atoms with Gasteiger partial charge in [0.15, 0.2) is 5.13 Å². The van der Waals surface area contributed by atoms with Crippen LogP contribution in [0.3, 0.4) is 0 Å². The van der Waals surface area contributed by atoms with Gasteiger partial charge in [0.2, 0.25) is 5.91 Å². The number of thiazole rings is 1. The molecule has 1 amide bonds. The zero-order valence-electron chi connectivity index (χ0n) is 13.2. The zero-order chi connectivity index (χ0) is 15.2. The van der Waals surface area contributed by atoms with Crippen LogP contribution in [0.4, 0.5) is 5.13 Å². The summed E-state index contributed by atoms with van der Waals surface area (Å²) in [4.78, 5) is 18.7. The fourth-order valence-electron chi connectivity index (χ4n) is 2.72. The molecule has 5 nitrogen and oxygen atoms in total. The lowest BCUT2D eigenvalue weighted by molar-refractivity contribution is -0.117. The molecule has 0 saturated carbocycles. The lowest BCUT2D eigenvalue weighted by Gasteiger charge is -2.26. The minimum Gasteiger partial charge on any atom is -0.313 e. The number of carbonyl (C=O) groups is 1. The Balaban J connectivity index is 1.85. The third-order valence-corrected chi connectivity index (χ3v) is 4.37. The van der Waals surface area contributed by atoms with Crippen LogP contribution in [0.5, 0.6) is 0 Å². The smallest absolute Gasteiger partial charge is 0.240 e. The summed E-state index contributed by atoms with van der Waals surface area (Å²) >= 11 is 1.48. The Hall–Kier alpha value is -0.980. The number of hydrogen-bond acceptors (Lipinski definition) is 5. The molecule has 1 aliphatic heterocycles. The second-order valence-electron chi connectivity index (χ2n) is 6.22. The first-order valence-electron chi connectivity index (χ1n) is 7.70. The molecule has 0 radical (unpaired) electrons. The summed E-state index contributed by atoms with van der Waals surface area (Å²) in [5, 5.41) is 9.04. The van der Waals surface area contributed by atoms with Crippen LogP contribution in [-0.2, 0) is 4.79 Å². The van der Waals surface area contributed by atoms with Gasteiger partial charge in [0.25, 0.3) is 0 Å². The molecule has 0 aliphatic carbocycles. The van der Waals surface area contributed by atoms with Gasteiger partial charge in [-0.15, -0.1) is 11.3 Å². The molecule has 1 saturated heterocycles. The van der Waals surface area contributed by atoms with Gasteiger partial charge in [0.05, 0.1) is 12.2 Å². The maximum atomic E-state index is 12.2. The maximum absolute atomic E-state index is 12.2. The first kappa shape index (κ1) is 16.4. The van der Waals surface area contributed by atoms with E-state index in [0.717, 1.165) is 25.3 Å². The molecule has 2 rings (SSSR count). The molecule has 118 valence electrons. The summed E-state index contributed by atoms with van der Waals surface area (Å²) in [5.74, 6) is 0.587. The molecule has 1 unspecified atom stereocenters. The minimum atomic E-state index is 0.0306. The van der Waals surface area contributed by atoms with Crippen LogP contribution in [0.1, 0.15) is 32.4 Å². The van der Waals surface area contributed by atoms with Gasteiger partial charge in [-0.3, -0.25) is 9.69 Å². The minimum absolute atomic E-state index is 0.0306. The monoisotopic (exact) mass is 310 g/mol. The van der Waals surface area contributed by atoms with E-state index in [1.165, 1.54) is 24.2 Å². The van der Waals surface area contributed by atoms with E-state index in [9.17, 15) is 4.79 Å². The molecule has 0 bridgehead atoms. The van der Waals surface area contributed by atoms with Crippen molar-refractivity contribution < 1.29 is 4.79 Å². The van der Waals surface area contributed by atoms with E-state index in [0.29, 0.717) is 23.6 Å². The summed E-state index contributed by atoms with van der Waals surface area (Å²) in [6.45, 7) is 9.75. The highest BCUT2D eigenvalue weighted by atomic mass is 32.1. The van der Waals surface area contributed by atoms with E-state index in [4.69, 9.17) is 0 Å². The average molecular weight is 310 g/mol. The van der Waals surface area contributed by atoms with Crippen LogP contribution in [0, 0.1) is 12.8 Å². The van der Waals surface area contributed by atoms with Gasteiger partial charge in [-0.25, -0.2) is 4.98 Å². The van der Waals surface area contributed by atoms with Crippen LogP contribution < -0.4 is 10.6 Å². The van der Waals surface area contributed by atoms with E-state index in [-0.39, 0.29) is 5.91 Å². The van der Waals surface area contributed by atoms with Crippen molar-refractivity contribution in [3.8, 4) is 0 Å². The second-order valence-corrected chi connectivity index (χ2v) is 7.08. The maximum Gasteiger partial charge on any atom is 0.240 e. The van der Waals surface area contributed by atoms with Gasteiger partial charge in [0, 0.05) is 24.5 Å². The predicted molar refractivity (Wildman–Crippen MR) is 87.8 cm³/mol. The van der Waals surface area contributed by atoms with Gasteiger partial charge in [-0.2, -0.15) is 0 Å². The molecular weight excluding hydrogens is 284 g/mol. The number of anilines is 1. The van der Waals surface area contributed by atoms with Crippen molar-refractivity contribution in [2.75, 3.05) is 31.5 Å². The van der Waals surface area contributed by atoms with E-state index in [1.54, 1.807) is 0 Å². The molecule has 1 aromatic heterocycles. The normalized spacial score (nSPS) is 18.6. The molecule has 21 heavy (non-hydrogen) atoms. The van der Waals surface area contributed by atoms with Gasteiger partial charge < -0.3 is 10.6 Å². The largest absolute Gasteiger partial charge is 0.313 e. The van der Waals surface area contributed by atoms with Crippen molar-refractivity contribution in [1.29, 1.82) is 0 Å². The van der Waals surface area contributed by atoms with Crippen molar-refractivity contribution in [3.05, 3.63) is 11.1 Å². The molecule has 0 spiro atoms. The Morgan fingerprint density at radius 2 is 2.43 bits per heavy atom. The third-order valence-electron chi connectivity index (χ3n) is 3.50. The van der Waals surface area contributed by atoms with Crippen LogP contribution in [0.25, 0.3) is 0 Å². The van der Waals surface area contributed by atoms with Crippen LogP contribution >= 0.6 is 11.3 Å². The summed E-state index contributed by atoms with van der Waals surface area (Å²) in [6, 6.07) is 0.527. The highest BCUT2D eigenvalue weighted by Crippen LogP contribution is 2.14. The van der Waals surface area contributed by atoms with E-state index >= 15 is 0 Å². The van der Waals surface area contributed by atoms with Gasteiger partial charge in [-0.1, -0.05) is 13.8 Å². The van der Waals surface area contributed by atoms with Crippen molar-refractivity contribution >= 4 is 22.4 Å².